The normalized spacial score (nSPS) is 11.1. The predicted octanol–water partition coefficient (Wildman–Crippen LogP) is 3.52. The summed E-state index contributed by atoms with van der Waals surface area (Å²) in [7, 11) is -3.37. The molecule has 2 rings (SSSR count). The molecule has 0 aliphatic heterocycles. The maximum absolute atomic E-state index is 12.1. The van der Waals surface area contributed by atoms with Crippen molar-refractivity contribution >= 4 is 50.5 Å². The zero-order valence-corrected chi connectivity index (χ0v) is 15.6. The van der Waals surface area contributed by atoms with Gasteiger partial charge in [-0.1, -0.05) is 23.7 Å². The first-order chi connectivity index (χ1) is 11.3. The minimum Gasteiger partial charge on any atom is -0.375 e. The molecule has 5 nitrogen and oxygen atoms in total. The summed E-state index contributed by atoms with van der Waals surface area (Å²) in [6.45, 7) is 0.0387. The first-order valence-electron chi connectivity index (χ1n) is 6.97. The van der Waals surface area contributed by atoms with Crippen LogP contribution in [0.5, 0.6) is 0 Å². The lowest BCUT2D eigenvalue weighted by molar-refractivity contribution is -0.114. The molecule has 0 spiro atoms. The molecule has 0 unspecified atom stereocenters. The van der Waals surface area contributed by atoms with Crippen molar-refractivity contribution in [3.63, 3.8) is 0 Å². The molecule has 0 atom stereocenters. The maximum Gasteiger partial charge on any atom is 0.243 e. The van der Waals surface area contributed by atoms with Gasteiger partial charge < -0.3 is 10.6 Å². The van der Waals surface area contributed by atoms with Crippen LogP contribution in [0.2, 0.25) is 5.02 Å². The van der Waals surface area contributed by atoms with Crippen LogP contribution in [0, 0.1) is 0 Å². The summed E-state index contributed by atoms with van der Waals surface area (Å²) in [6, 6.07) is 11.9. The van der Waals surface area contributed by atoms with Crippen LogP contribution < -0.4 is 10.6 Å². The standard InChI is InChI=1S/C16H17ClN2O3S2/c1-23-15-6-4-3-5-13(15)18-10-16(20)19-14-9-11(24(2,21)22)7-8-12(14)17/h3-9,18H,10H2,1-2H3,(H,19,20). The summed E-state index contributed by atoms with van der Waals surface area (Å²) in [4.78, 5) is 13.2. The minimum atomic E-state index is -3.37. The molecule has 24 heavy (non-hydrogen) atoms. The molecule has 2 N–H and O–H groups in total. The summed E-state index contributed by atoms with van der Waals surface area (Å²) < 4.78 is 23.2. The molecule has 0 heterocycles. The van der Waals surface area contributed by atoms with E-state index in [4.69, 9.17) is 11.6 Å². The molecule has 0 saturated carbocycles. The summed E-state index contributed by atoms with van der Waals surface area (Å²) in [5, 5.41) is 5.96. The molecule has 2 aromatic rings. The number of para-hydroxylation sites is 1. The fourth-order valence-corrected chi connectivity index (χ4v) is 3.38. The van der Waals surface area contributed by atoms with Gasteiger partial charge in [0.05, 0.1) is 22.2 Å². The van der Waals surface area contributed by atoms with E-state index in [0.29, 0.717) is 0 Å². The maximum atomic E-state index is 12.1. The Morgan fingerprint density at radius 3 is 2.54 bits per heavy atom. The van der Waals surface area contributed by atoms with E-state index in [1.165, 1.54) is 18.2 Å². The number of carbonyl (C=O) groups is 1. The van der Waals surface area contributed by atoms with E-state index in [0.717, 1.165) is 16.8 Å². The number of hydrogen-bond acceptors (Lipinski definition) is 5. The van der Waals surface area contributed by atoms with Crippen molar-refractivity contribution in [2.24, 2.45) is 0 Å². The number of benzene rings is 2. The minimum absolute atomic E-state index is 0.0387. The zero-order valence-electron chi connectivity index (χ0n) is 13.2. The van der Waals surface area contributed by atoms with Crippen LogP contribution in [0.3, 0.4) is 0 Å². The lowest BCUT2D eigenvalue weighted by Crippen LogP contribution is -2.22. The number of sulfone groups is 1. The summed E-state index contributed by atoms with van der Waals surface area (Å²) >= 11 is 7.60. The third-order valence-corrected chi connectivity index (χ3v) is 5.42. The largest absolute Gasteiger partial charge is 0.375 e. The van der Waals surface area contributed by atoms with Crippen LogP contribution in [-0.4, -0.2) is 33.4 Å². The first-order valence-corrected chi connectivity index (χ1v) is 10.5. The number of rotatable bonds is 6. The van der Waals surface area contributed by atoms with E-state index in [1.807, 2.05) is 30.5 Å². The van der Waals surface area contributed by atoms with Gasteiger partial charge in [0.15, 0.2) is 9.84 Å². The van der Waals surface area contributed by atoms with Crippen LogP contribution in [0.15, 0.2) is 52.3 Å². The Kier molecular flexibility index (Phi) is 6.15. The van der Waals surface area contributed by atoms with Gasteiger partial charge in [0.2, 0.25) is 5.91 Å². The van der Waals surface area contributed by atoms with Gasteiger partial charge >= 0.3 is 0 Å². The molecular weight excluding hydrogens is 368 g/mol. The number of halogens is 1. The molecule has 0 aliphatic rings. The summed E-state index contributed by atoms with van der Waals surface area (Å²) in [6.07, 6.45) is 3.06. The van der Waals surface area contributed by atoms with E-state index in [9.17, 15) is 13.2 Å². The summed E-state index contributed by atoms with van der Waals surface area (Å²) in [5.74, 6) is -0.321. The van der Waals surface area contributed by atoms with Crippen molar-refractivity contribution < 1.29 is 13.2 Å². The predicted molar refractivity (Wildman–Crippen MR) is 99.9 cm³/mol. The highest BCUT2D eigenvalue weighted by atomic mass is 35.5. The molecule has 0 fully saturated rings. The zero-order chi connectivity index (χ0) is 17.7. The highest BCUT2D eigenvalue weighted by Gasteiger charge is 2.12. The van der Waals surface area contributed by atoms with Gasteiger partial charge in [0.1, 0.15) is 0 Å². The van der Waals surface area contributed by atoms with Gasteiger partial charge in [-0.05, 0) is 36.6 Å². The molecule has 0 aromatic heterocycles. The highest BCUT2D eigenvalue weighted by molar-refractivity contribution is 7.98. The van der Waals surface area contributed by atoms with Crippen LogP contribution in [-0.2, 0) is 14.6 Å². The monoisotopic (exact) mass is 384 g/mol. The smallest absolute Gasteiger partial charge is 0.243 e. The van der Waals surface area contributed by atoms with Gasteiger partial charge in [0, 0.05) is 16.8 Å². The Morgan fingerprint density at radius 1 is 1.17 bits per heavy atom. The quantitative estimate of drug-likeness (QED) is 0.745. The molecule has 0 bridgehead atoms. The van der Waals surface area contributed by atoms with Crippen LogP contribution in [0.4, 0.5) is 11.4 Å². The molecular formula is C16H17ClN2O3S2. The van der Waals surface area contributed by atoms with Gasteiger partial charge in [-0.3, -0.25) is 4.79 Å². The Balaban J connectivity index is 2.07. The van der Waals surface area contributed by atoms with Crippen molar-refractivity contribution in [3.05, 3.63) is 47.5 Å². The lowest BCUT2D eigenvalue weighted by Gasteiger charge is -2.12. The van der Waals surface area contributed by atoms with Crippen molar-refractivity contribution in [3.8, 4) is 0 Å². The second-order valence-electron chi connectivity index (χ2n) is 5.02. The first kappa shape index (κ1) is 18.6. The van der Waals surface area contributed by atoms with E-state index >= 15 is 0 Å². The lowest BCUT2D eigenvalue weighted by atomic mass is 10.3. The second-order valence-corrected chi connectivity index (χ2v) is 8.29. The molecule has 2 aromatic carbocycles. The molecule has 8 heteroatoms. The van der Waals surface area contributed by atoms with E-state index < -0.39 is 9.84 Å². The van der Waals surface area contributed by atoms with Crippen LogP contribution in [0.25, 0.3) is 0 Å². The molecule has 0 saturated heterocycles. The van der Waals surface area contributed by atoms with Crippen molar-refractivity contribution in [1.29, 1.82) is 0 Å². The van der Waals surface area contributed by atoms with E-state index in [-0.39, 0.29) is 28.1 Å². The number of amides is 1. The van der Waals surface area contributed by atoms with Crippen LogP contribution >= 0.6 is 23.4 Å². The van der Waals surface area contributed by atoms with Crippen molar-refractivity contribution in [2.45, 2.75) is 9.79 Å². The number of carbonyl (C=O) groups excluding carboxylic acids is 1. The van der Waals surface area contributed by atoms with Crippen molar-refractivity contribution in [1.82, 2.24) is 0 Å². The van der Waals surface area contributed by atoms with E-state index in [2.05, 4.69) is 10.6 Å². The third kappa shape index (κ3) is 4.90. The molecule has 1 amide bonds. The van der Waals surface area contributed by atoms with Gasteiger partial charge in [-0.15, -0.1) is 11.8 Å². The average Bonchev–Trinajstić information content (AvgIpc) is 2.54. The van der Waals surface area contributed by atoms with Gasteiger partial charge in [0.25, 0.3) is 0 Å². The number of anilines is 2. The third-order valence-electron chi connectivity index (χ3n) is 3.19. The molecule has 128 valence electrons. The molecule has 0 aliphatic carbocycles. The Labute approximate surface area is 150 Å². The SMILES string of the molecule is CSc1ccccc1NCC(=O)Nc1cc(S(C)(=O)=O)ccc1Cl. The number of hydrogen-bond donors (Lipinski definition) is 2. The molecule has 0 radical (unpaired) electrons. The Hall–Kier alpha value is -1.70. The number of nitrogens with one attached hydrogen (secondary N) is 2. The summed E-state index contributed by atoms with van der Waals surface area (Å²) in [5.41, 5.74) is 1.13. The van der Waals surface area contributed by atoms with Gasteiger partial charge in [-0.25, -0.2) is 8.42 Å². The van der Waals surface area contributed by atoms with Crippen LogP contribution in [0.1, 0.15) is 0 Å². The Morgan fingerprint density at radius 2 is 1.88 bits per heavy atom. The second kappa shape index (κ2) is 7.92. The highest BCUT2D eigenvalue weighted by Crippen LogP contribution is 2.26. The average molecular weight is 385 g/mol. The fraction of sp³-hybridized carbons (Fsp3) is 0.188. The Bertz CT molecular complexity index is 854. The van der Waals surface area contributed by atoms with Crippen molar-refractivity contribution in [2.75, 3.05) is 29.7 Å². The van der Waals surface area contributed by atoms with E-state index in [1.54, 1.807) is 11.8 Å². The number of thioether (sulfide) groups is 1. The fourth-order valence-electron chi connectivity index (χ4n) is 1.99. The topological polar surface area (TPSA) is 75.3 Å². The van der Waals surface area contributed by atoms with Gasteiger partial charge in [-0.2, -0.15) is 0 Å².